The number of nitriles is 1. The molecule has 22 heavy (non-hydrogen) atoms. The van der Waals surface area contributed by atoms with Gasteiger partial charge in [-0.1, -0.05) is 24.3 Å². The maximum Gasteiger partial charge on any atom is 0.362 e. The van der Waals surface area contributed by atoms with Crippen molar-refractivity contribution in [2.75, 3.05) is 7.11 Å². The predicted molar refractivity (Wildman–Crippen MR) is 77.5 cm³/mol. The topological polar surface area (TPSA) is 70.3 Å². The molecule has 0 unspecified atom stereocenters. The Morgan fingerprint density at radius 1 is 1.27 bits per heavy atom. The van der Waals surface area contributed by atoms with Crippen molar-refractivity contribution in [3.63, 3.8) is 0 Å². The Hall–Kier alpha value is -2.33. The molecule has 0 saturated carbocycles. The molecule has 110 valence electrons. The van der Waals surface area contributed by atoms with Crippen LogP contribution in [0.4, 0.5) is 0 Å². The molecule has 0 bridgehead atoms. The average molecular weight is 406 g/mol. The number of phenolic OH excluding ortho intramolecular Hbond substituents is 1. The molecule has 1 N–H and O–H groups in total. The highest BCUT2D eigenvalue weighted by Gasteiger charge is 2.20. The minimum atomic E-state index is -0.671. The molecule has 2 rings (SSSR count). The third kappa shape index (κ3) is 4.09. The highest BCUT2D eigenvalue weighted by Crippen LogP contribution is 2.13. The minimum Gasteiger partial charge on any atom is -0.504 e. The summed E-state index contributed by atoms with van der Waals surface area (Å²) in [4.78, 5) is 11.4. The summed E-state index contributed by atoms with van der Waals surface area (Å²) in [6.07, 6.45) is 1.46. The number of carbonyl (C=O) groups is 1. The minimum absolute atomic E-state index is 0.0722. The van der Waals surface area contributed by atoms with Gasteiger partial charge < -0.3 is 9.84 Å². The molecular formula is C17H13INO3+. The Balaban J connectivity index is 2.33. The first-order chi connectivity index (χ1) is 10.6. The highest BCUT2D eigenvalue weighted by molar-refractivity contribution is 5.97. The molecule has 0 fully saturated rings. The number of phenols is 1. The Kier molecular flexibility index (Phi) is 5.55. The van der Waals surface area contributed by atoms with E-state index >= 15 is 0 Å². The predicted octanol–water partition coefficient (Wildman–Crippen LogP) is -0.399. The van der Waals surface area contributed by atoms with Gasteiger partial charge in [0.25, 0.3) is 0 Å². The lowest BCUT2D eigenvalue weighted by Gasteiger charge is -1.98. The second kappa shape index (κ2) is 7.61. The van der Waals surface area contributed by atoms with Crippen LogP contribution < -0.4 is 21.2 Å². The van der Waals surface area contributed by atoms with Crippen LogP contribution in [0.3, 0.4) is 0 Å². The monoisotopic (exact) mass is 406 g/mol. The Morgan fingerprint density at radius 3 is 2.64 bits per heavy atom. The second-order valence-electron chi connectivity index (χ2n) is 4.26. The van der Waals surface area contributed by atoms with Crippen molar-refractivity contribution < 1.29 is 35.8 Å². The molecule has 2 aromatic rings. The molecule has 0 atom stereocenters. The molecule has 4 nitrogen and oxygen atoms in total. The van der Waals surface area contributed by atoms with Crippen LogP contribution in [0.25, 0.3) is 6.08 Å². The largest absolute Gasteiger partial charge is 0.504 e. The van der Waals surface area contributed by atoms with Crippen molar-refractivity contribution in [1.29, 1.82) is 5.26 Å². The Labute approximate surface area is 138 Å². The molecule has 0 aliphatic rings. The first-order valence-electron chi connectivity index (χ1n) is 6.37. The molecule has 0 aromatic heterocycles. The number of nitrogens with zero attached hydrogens (tertiary/aromatic N) is 1. The van der Waals surface area contributed by atoms with E-state index in [-0.39, 0.29) is 11.3 Å². The number of aromatic hydroxyl groups is 1. The van der Waals surface area contributed by atoms with E-state index in [4.69, 9.17) is 5.26 Å². The van der Waals surface area contributed by atoms with Gasteiger partial charge in [0, 0.05) is 6.07 Å². The smallest absolute Gasteiger partial charge is 0.362 e. The maximum absolute atomic E-state index is 11.4. The van der Waals surface area contributed by atoms with Crippen molar-refractivity contribution in [1.82, 2.24) is 0 Å². The zero-order valence-electron chi connectivity index (χ0n) is 11.8. The van der Waals surface area contributed by atoms with Crippen LogP contribution in [0.5, 0.6) is 5.75 Å². The van der Waals surface area contributed by atoms with Crippen molar-refractivity contribution in [2.24, 2.45) is 0 Å². The van der Waals surface area contributed by atoms with Crippen LogP contribution in [0.15, 0.2) is 54.1 Å². The van der Waals surface area contributed by atoms with Crippen molar-refractivity contribution >= 4 is 12.0 Å². The zero-order chi connectivity index (χ0) is 15.9. The van der Waals surface area contributed by atoms with Gasteiger partial charge in [-0.3, -0.25) is 0 Å². The van der Waals surface area contributed by atoms with Crippen LogP contribution in [-0.2, 0) is 9.53 Å². The Bertz CT molecular complexity index is 748. The standard InChI is InChI=1S/C17H12INO3/c1-22-17(21)13(11-19)9-12-7-8-16(20)15(10-12)18-14-5-3-2-4-6-14/h2-10H,1H3/p+1. The number of ether oxygens (including phenoxy) is 1. The SMILES string of the molecule is COC(=O)/C(C#N)=C/c1ccc(O)c([I+]c2ccccc2)c1. The van der Waals surface area contributed by atoms with Gasteiger partial charge in [-0.2, -0.15) is 5.26 Å². The number of hydrogen-bond donors (Lipinski definition) is 1. The molecule has 0 amide bonds. The molecule has 0 aliphatic carbocycles. The quantitative estimate of drug-likeness (QED) is 0.325. The number of methoxy groups -OCH3 is 1. The molecule has 5 heteroatoms. The van der Waals surface area contributed by atoms with Crippen LogP contribution >= 0.6 is 0 Å². The van der Waals surface area contributed by atoms with Crippen LogP contribution in [0, 0.1) is 18.5 Å². The van der Waals surface area contributed by atoms with E-state index < -0.39 is 27.2 Å². The van der Waals surface area contributed by atoms with E-state index in [1.807, 2.05) is 36.4 Å². The van der Waals surface area contributed by atoms with Crippen LogP contribution in [0.1, 0.15) is 5.56 Å². The number of hydrogen-bond acceptors (Lipinski definition) is 4. The lowest BCUT2D eigenvalue weighted by atomic mass is 10.1. The zero-order valence-corrected chi connectivity index (χ0v) is 13.9. The van der Waals surface area contributed by atoms with Gasteiger partial charge in [0.15, 0.2) is 9.32 Å². The van der Waals surface area contributed by atoms with Gasteiger partial charge in [0.05, 0.1) is 7.11 Å². The normalized spacial score (nSPS) is 10.8. The Morgan fingerprint density at radius 2 is 2.00 bits per heavy atom. The highest BCUT2D eigenvalue weighted by atomic mass is 127. The number of benzene rings is 2. The number of esters is 1. The number of halogens is 1. The maximum atomic E-state index is 11.4. The van der Waals surface area contributed by atoms with E-state index in [0.29, 0.717) is 5.56 Å². The fraction of sp³-hybridized carbons (Fsp3) is 0.0588. The van der Waals surface area contributed by atoms with E-state index in [9.17, 15) is 9.90 Å². The van der Waals surface area contributed by atoms with E-state index in [0.717, 1.165) is 3.57 Å². The van der Waals surface area contributed by atoms with Gasteiger partial charge in [0.2, 0.25) is 3.57 Å². The first-order valence-corrected chi connectivity index (χ1v) is 8.53. The molecule has 2 aromatic carbocycles. The van der Waals surface area contributed by atoms with Gasteiger partial charge >= 0.3 is 27.2 Å². The average Bonchev–Trinajstić information content (AvgIpc) is 2.55. The summed E-state index contributed by atoms with van der Waals surface area (Å²) < 4.78 is 6.56. The summed E-state index contributed by atoms with van der Waals surface area (Å²) in [6, 6.07) is 16.8. The van der Waals surface area contributed by atoms with Crippen molar-refractivity contribution in [3.05, 3.63) is 66.8 Å². The lowest BCUT2D eigenvalue weighted by Crippen LogP contribution is -3.61. The fourth-order valence-electron chi connectivity index (χ4n) is 1.70. The molecule has 0 heterocycles. The van der Waals surface area contributed by atoms with Gasteiger partial charge in [-0.25, -0.2) is 4.79 Å². The molecule has 0 radical (unpaired) electrons. The van der Waals surface area contributed by atoms with Gasteiger partial charge in [-0.15, -0.1) is 0 Å². The fourth-order valence-corrected chi connectivity index (χ4v) is 4.11. The van der Waals surface area contributed by atoms with Gasteiger partial charge in [-0.05, 0) is 29.8 Å². The summed E-state index contributed by atoms with van der Waals surface area (Å²) in [6.45, 7) is 0. The number of rotatable bonds is 4. The third-order valence-electron chi connectivity index (χ3n) is 2.75. The summed E-state index contributed by atoms with van der Waals surface area (Å²) in [5, 5.41) is 19.0. The summed E-state index contributed by atoms with van der Waals surface area (Å²) >= 11 is -0.538. The van der Waals surface area contributed by atoms with Crippen LogP contribution in [-0.4, -0.2) is 18.2 Å². The van der Waals surface area contributed by atoms with E-state index in [1.54, 1.807) is 18.2 Å². The van der Waals surface area contributed by atoms with Crippen molar-refractivity contribution in [3.8, 4) is 11.8 Å². The third-order valence-corrected chi connectivity index (χ3v) is 5.54. The van der Waals surface area contributed by atoms with E-state index in [1.165, 1.54) is 16.8 Å². The first kappa shape index (κ1) is 16.0. The van der Waals surface area contributed by atoms with Gasteiger partial charge in [0.1, 0.15) is 11.6 Å². The molecule has 0 saturated heterocycles. The number of carbonyl (C=O) groups excluding carboxylic acids is 1. The molecule has 0 spiro atoms. The summed E-state index contributed by atoms with van der Waals surface area (Å²) in [5.74, 6) is -0.444. The summed E-state index contributed by atoms with van der Waals surface area (Å²) in [7, 11) is 1.23. The van der Waals surface area contributed by atoms with Crippen LogP contribution in [0.2, 0.25) is 0 Å². The second-order valence-corrected chi connectivity index (χ2v) is 7.21. The van der Waals surface area contributed by atoms with E-state index in [2.05, 4.69) is 4.74 Å². The van der Waals surface area contributed by atoms with Crippen molar-refractivity contribution in [2.45, 2.75) is 0 Å². The lowest BCUT2D eigenvalue weighted by molar-refractivity contribution is -0.598. The molecule has 0 aliphatic heterocycles. The molecular weight excluding hydrogens is 393 g/mol. The summed E-state index contributed by atoms with van der Waals surface area (Å²) in [5.41, 5.74) is 0.613.